The van der Waals surface area contributed by atoms with E-state index in [1.807, 2.05) is 0 Å². The topological polar surface area (TPSA) is 17.1 Å². The third-order valence-electron chi connectivity index (χ3n) is 1.65. The van der Waals surface area contributed by atoms with E-state index in [4.69, 9.17) is 0 Å². The molecule has 0 spiro atoms. The molecule has 0 aliphatic carbocycles. The monoisotopic (exact) mass is 246 g/mol. The van der Waals surface area contributed by atoms with Crippen LogP contribution in [0.15, 0.2) is 10.5 Å². The van der Waals surface area contributed by atoms with Crippen LogP contribution in [0.1, 0.15) is 22.6 Å². The summed E-state index contributed by atoms with van der Waals surface area (Å²) in [6.45, 7) is 2.10. The van der Waals surface area contributed by atoms with Crippen molar-refractivity contribution in [3.05, 3.63) is 20.3 Å². The van der Waals surface area contributed by atoms with Gasteiger partial charge >= 0.3 is 0 Å². The van der Waals surface area contributed by atoms with Crippen LogP contribution in [0.2, 0.25) is 0 Å². The molecule has 1 aromatic heterocycles. The van der Waals surface area contributed by atoms with Crippen LogP contribution in [0.3, 0.4) is 0 Å². The molecule has 0 saturated carbocycles. The van der Waals surface area contributed by atoms with Gasteiger partial charge in [-0.25, -0.2) is 0 Å². The van der Waals surface area contributed by atoms with E-state index in [9.17, 15) is 4.79 Å². The number of hydrogen-bond acceptors (Lipinski definition) is 2. The Morgan fingerprint density at radius 3 is 2.92 bits per heavy atom. The Hall–Kier alpha value is -0.150. The van der Waals surface area contributed by atoms with Crippen LogP contribution in [0.4, 0.5) is 0 Å². The average Bonchev–Trinajstić information content (AvgIpc) is 2.32. The maximum absolute atomic E-state index is 10.1. The molecule has 66 valence electrons. The molecule has 12 heavy (non-hydrogen) atoms. The Bertz CT molecular complexity index is 248. The van der Waals surface area contributed by atoms with E-state index in [0.717, 1.165) is 19.1 Å². The second-order valence-corrected chi connectivity index (χ2v) is 4.87. The van der Waals surface area contributed by atoms with Gasteiger partial charge in [0, 0.05) is 20.6 Å². The first-order chi connectivity index (χ1) is 5.74. The third-order valence-corrected chi connectivity index (χ3v) is 3.85. The molecule has 1 heterocycles. The highest BCUT2D eigenvalue weighted by Crippen LogP contribution is 2.27. The van der Waals surface area contributed by atoms with Crippen molar-refractivity contribution < 1.29 is 4.79 Å². The predicted molar refractivity (Wildman–Crippen MR) is 55.8 cm³/mol. The van der Waals surface area contributed by atoms with Crippen LogP contribution in [-0.4, -0.2) is 6.29 Å². The van der Waals surface area contributed by atoms with Crippen molar-refractivity contribution in [2.75, 3.05) is 0 Å². The quantitative estimate of drug-likeness (QED) is 0.589. The van der Waals surface area contributed by atoms with Crippen LogP contribution < -0.4 is 0 Å². The minimum absolute atomic E-state index is 0.675. The lowest BCUT2D eigenvalue weighted by Gasteiger charge is -1.90. The standard InChI is InChI=1S/C9H11BrOS/c1-7-9(10)6-8(12-7)4-2-3-5-11/h5-6H,2-4H2,1H3. The molecule has 1 nitrogen and oxygen atoms in total. The van der Waals surface area contributed by atoms with Gasteiger partial charge in [0.15, 0.2) is 0 Å². The molecule has 1 aromatic rings. The number of carbonyl (C=O) groups excluding carboxylic acids is 1. The van der Waals surface area contributed by atoms with E-state index in [1.165, 1.54) is 14.2 Å². The minimum Gasteiger partial charge on any atom is -0.303 e. The molecule has 0 N–H and O–H groups in total. The van der Waals surface area contributed by atoms with Gasteiger partial charge in [0.25, 0.3) is 0 Å². The highest BCUT2D eigenvalue weighted by atomic mass is 79.9. The van der Waals surface area contributed by atoms with Crippen LogP contribution in [-0.2, 0) is 11.2 Å². The van der Waals surface area contributed by atoms with E-state index in [2.05, 4.69) is 28.9 Å². The van der Waals surface area contributed by atoms with Gasteiger partial charge in [-0.1, -0.05) is 0 Å². The number of hydrogen-bond donors (Lipinski definition) is 0. The molecule has 0 fully saturated rings. The summed E-state index contributed by atoms with van der Waals surface area (Å²) >= 11 is 5.27. The Labute approximate surface area is 84.9 Å². The summed E-state index contributed by atoms with van der Waals surface area (Å²) in [6.07, 6.45) is 3.65. The number of aldehydes is 1. The summed E-state index contributed by atoms with van der Waals surface area (Å²) in [6, 6.07) is 2.14. The van der Waals surface area contributed by atoms with Crippen molar-refractivity contribution in [3.8, 4) is 0 Å². The largest absolute Gasteiger partial charge is 0.303 e. The van der Waals surface area contributed by atoms with Crippen molar-refractivity contribution in [1.82, 2.24) is 0 Å². The van der Waals surface area contributed by atoms with Gasteiger partial charge in [-0.15, -0.1) is 11.3 Å². The molecule has 0 saturated heterocycles. The van der Waals surface area contributed by atoms with Gasteiger partial charge in [0.1, 0.15) is 6.29 Å². The summed E-state index contributed by atoms with van der Waals surface area (Å²) < 4.78 is 1.19. The van der Waals surface area contributed by atoms with Crippen LogP contribution in [0, 0.1) is 6.92 Å². The van der Waals surface area contributed by atoms with Gasteiger partial charge in [-0.05, 0) is 41.8 Å². The predicted octanol–water partition coefficient (Wildman–Crippen LogP) is 3.34. The molecule has 0 amide bonds. The number of aryl methyl sites for hydroxylation is 2. The molecule has 0 aliphatic rings. The lowest BCUT2D eigenvalue weighted by molar-refractivity contribution is -0.107. The molecule has 1 rings (SSSR count). The first kappa shape index (κ1) is 9.93. The molecule has 0 radical (unpaired) electrons. The fourth-order valence-electron chi connectivity index (χ4n) is 1.00. The fraction of sp³-hybridized carbons (Fsp3) is 0.444. The minimum atomic E-state index is 0.675. The average molecular weight is 247 g/mol. The second kappa shape index (κ2) is 4.77. The summed E-state index contributed by atoms with van der Waals surface area (Å²) in [5, 5.41) is 0. The second-order valence-electron chi connectivity index (χ2n) is 2.68. The fourth-order valence-corrected chi connectivity index (χ4v) is 2.64. The van der Waals surface area contributed by atoms with Crippen molar-refractivity contribution in [3.63, 3.8) is 0 Å². The lowest BCUT2D eigenvalue weighted by atomic mass is 10.2. The number of unbranched alkanes of at least 4 members (excludes halogenated alkanes) is 1. The summed E-state index contributed by atoms with van der Waals surface area (Å²) in [5.74, 6) is 0. The Balaban J connectivity index is 2.47. The van der Waals surface area contributed by atoms with E-state index >= 15 is 0 Å². The number of thiophene rings is 1. The SMILES string of the molecule is Cc1sc(CCCC=O)cc1Br. The van der Waals surface area contributed by atoms with Crippen molar-refractivity contribution in [2.45, 2.75) is 26.2 Å². The first-order valence-electron chi connectivity index (χ1n) is 3.92. The number of rotatable bonds is 4. The number of halogens is 1. The van der Waals surface area contributed by atoms with Crippen molar-refractivity contribution in [1.29, 1.82) is 0 Å². The molecule has 0 bridgehead atoms. The molecule has 0 aromatic carbocycles. The summed E-state index contributed by atoms with van der Waals surface area (Å²) in [7, 11) is 0. The smallest absolute Gasteiger partial charge is 0.120 e. The number of carbonyl (C=O) groups is 1. The van der Waals surface area contributed by atoms with E-state index in [-0.39, 0.29) is 0 Å². The van der Waals surface area contributed by atoms with Gasteiger partial charge in [-0.2, -0.15) is 0 Å². The zero-order valence-corrected chi connectivity index (χ0v) is 9.37. The van der Waals surface area contributed by atoms with Gasteiger partial charge < -0.3 is 4.79 Å². The normalized spacial score (nSPS) is 10.2. The summed E-state index contributed by atoms with van der Waals surface area (Å²) in [4.78, 5) is 12.7. The molecule has 0 aliphatic heterocycles. The molecule has 0 atom stereocenters. The zero-order valence-electron chi connectivity index (χ0n) is 6.97. The van der Waals surface area contributed by atoms with Gasteiger partial charge in [-0.3, -0.25) is 0 Å². The Morgan fingerprint density at radius 1 is 1.67 bits per heavy atom. The Kier molecular flexibility index (Phi) is 3.95. The van der Waals surface area contributed by atoms with Crippen molar-refractivity contribution >= 4 is 33.6 Å². The molecule has 3 heteroatoms. The molecular weight excluding hydrogens is 236 g/mol. The summed E-state index contributed by atoms with van der Waals surface area (Å²) in [5.41, 5.74) is 0. The van der Waals surface area contributed by atoms with Crippen LogP contribution in [0.25, 0.3) is 0 Å². The third kappa shape index (κ3) is 2.72. The highest BCUT2D eigenvalue weighted by molar-refractivity contribution is 9.10. The zero-order chi connectivity index (χ0) is 8.97. The van der Waals surface area contributed by atoms with Crippen LogP contribution in [0.5, 0.6) is 0 Å². The highest BCUT2D eigenvalue weighted by Gasteiger charge is 2.01. The first-order valence-corrected chi connectivity index (χ1v) is 5.53. The lowest BCUT2D eigenvalue weighted by Crippen LogP contribution is -1.80. The van der Waals surface area contributed by atoms with E-state index in [0.29, 0.717) is 6.42 Å². The molecule has 0 unspecified atom stereocenters. The van der Waals surface area contributed by atoms with E-state index in [1.54, 1.807) is 11.3 Å². The van der Waals surface area contributed by atoms with Crippen molar-refractivity contribution in [2.24, 2.45) is 0 Å². The molecular formula is C9H11BrOS. The van der Waals surface area contributed by atoms with Gasteiger partial charge in [0.2, 0.25) is 0 Å². The van der Waals surface area contributed by atoms with Crippen LogP contribution >= 0.6 is 27.3 Å². The van der Waals surface area contributed by atoms with E-state index < -0.39 is 0 Å². The maximum atomic E-state index is 10.1. The van der Waals surface area contributed by atoms with Gasteiger partial charge in [0.05, 0.1) is 0 Å². The maximum Gasteiger partial charge on any atom is 0.120 e. The Morgan fingerprint density at radius 2 is 2.42 bits per heavy atom.